The van der Waals surface area contributed by atoms with Gasteiger partial charge in [0, 0.05) is 0 Å². The Hall–Kier alpha value is -3.02. The van der Waals surface area contributed by atoms with Crippen molar-refractivity contribution in [2.45, 2.75) is 18.9 Å². The SMILES string of the molecule is COc1cc2c(cc1OC)C(CCc1cc(OC)c(OC)c(OC)c1)NC=C2. The van der Waals surface area contributed by atoms with Crippen LogP contribution >= 0.6 is 0 Å². The molecule has 1 unspecified atom stereocenters. The van der Waals surface area contributed by atoms with E-state index in [-0.39, 0.29) is 6.04 Å². The summed E-state index contributed by atoms with van der Waals surface area (Å²) in [6, 6.07) is 8.21. The molecule has 0 aliphatic carbocycles. The lowest BCUT2D eigenvalue weighted by atomic mass is 9.92. The minimum atomic E-state index is 0.166. The summed E-state index contributed by atoms with van der Waals surface area (Å²) in [5.41, 5.74) is 3.44. The number of nitrogens with one attached hydrogen (secondary N) is 1. The molecule has 0 spiro atoms. The van der Waals surface area contributed by atoms with Crippen molar-refractivity contribution in [1.82, 2.24) is 5.32 Å². The quantitative estimate of drug-likeness (QED) is 0.742. The lowest BCUT2D eigenvalue weighted by molar-refractivity contribution is 0.323. The normalized spacial score (nSPS) is 14.7. The van der Waals surface area contributed by atoms with Gasteiger partial charge in [-0.1, -0.05) is 0 Å². The average molecular weight is 385 g/mol. The van der Waals surface area contributed by atoms with Crippen molar-refractivity contribution in [2.75, 3.05) is 35.5 Å². The van der Waals surface area contributed by atoms with Crippen LogP contribution in [0.3, 0.4) is 0 Å². The molecule has 2 aromatic carbocycles. The van der Waals surface area contributed by atoms with E-state index in [1.807, 2.05) is 36.5 Å². The Kier molecular flexibility index (Phi) is 6.19. The molecule has 1 atom stereocenters. The highest BCUT2D eigenvalue weighted by Gasteiger charge is 2.21. The molecule has 0 saturated carbocycles. The first-order chi connectivity index (χ1) is 13.6. The predicted molar refractivity (Wildman–Crippen MR) is 109 cm³/mol. The zero-order chi connectivity index (χ0) is 20.1. The summed E-state index contributed by atoms with van der Waals surface area (Å²) in [7, 11) is 8.17. The van der Waals surface area contributed by atoms with Gasteiger partial charge in [0.15, 0.2) is 23.0 Å². The third-order valence-electron chi connectivity index (χ3n) is 4.97. The van der Waals surface area contributed by atoms with Gasteiger partial charge < -0.3 is 29.0 Å². The number of hydrogen-bond donors (Lipinski definition) is 1. The second-order valence-corrected chi connectivity index (χ2v) is 6.46. The van der Waals surface area contributed by atoms with Crippen molar-refractivity contribution >= 4 is 6.08 Å². The number of rotatable bonds is 8. The summed E-state index contributed by atoms with van der Waals surface area (Å²) >= 11 is 0. The van der Waals surface area contributed by atoms with Gasteiger partial charge >= 0.3 is 0 Å². The van der Waals surface area contributed by atoms with Crippen LogP contribution in [0.2, 0.25) is 0 Å². The first-order valence-corrected chi connectivity index (χ1v) is 9.12. The second kappa shape index (κ2) is 8.78. The molecule has 3 rings (SSSR count). The Morgan fingerprint density at radius 1 is 0.750 bits per heavy atom. The standard InChI is InChI=1S/C22H27NO5/c1-24-18-12-15-8-9-23-17(16(15)13-19(18)25-2)7-6-14-10-20(26-3)22(28-5)21(11-14)27-4/h8-13,17,23H,6-7H2,1-5H3. The maximum atomic E-state index is 5.48. The lowest BCUT2D eigenvalue weighted by Crippen LogP contribution is -2.20. The average Bonchev–Trinajstić information content (AvgIpc) is 2.75. The molecule has 0 aromatic heterocycles. The molecule has 2 aromatic rings. The van der Waals surface area contributed by atoms with E-state index in [1.165, 1.54) is 5.56 Å². The fraction of sp³-hybridized carbons (Fsp3) is 0.364. The van der Waals surface area contributed by atoms with E-state index in [4.69, 9.17) is 23.7 Å². The molecule has 0 radical (unpaired) electrons. The van der Waals surface area contributed by atoms with Crippen molar-refractivity contribution in [3.8, 4) is 28.7 Å². The van der Waals surface area contributed by atoms with Crippen molar-refractivity contribution in [3.05, 3.63) is 47.2 Å². The van der Waals surface area contributed by atoms with E-state index in [0.29, 0.717) is 17.2 Å². The Bertz CT molecular complexity index is 837. The number of fused-ring (bicyclic) bond motifs is 1. The van der Waals surface area contributed by atoms with Gasteiger partial charge in [-0.05, 0) is 66.1 Å². The highest BCUT2D eigenvalue weighted by molar-refractivity contribution is 5.63. The first-order valence-electron chi connectivity index (χ1n) is 9.12. The van der Waals surface area contributed by atoms with Gasteiger partial charge in [-0.2, -0.15) is 0 Å². The third kappa shape index (κ3) is 3.81. The highest BCUT2D eigenvalue weighted by atomic mass is 16.5. The molecule has 0 amide bonds. The number of hydrogen-bond acceptors (Lipinski definition) is 6. The van der Waals surface area contributed by atoms with Gasteiger partial charge in [0.05, 0.1) is 41.6 Å². The van der Waals surface area contributed by atoms with Crippen molar-refractivity contribution in [2.24, 2.45) is 0 Å². The van der Waals surface area contributed by atoms with Gasteiger partial charge in [0.2, 0.25) is 5.75 Å². The largest absolute Gasteiger partial charge is 0.493 e. The van der Waals surface area contributed by atoms with Crippen molar-refractivity contribution < 1.29 is 23.7 Å². The van der Waals surface area contributed by atoms with Crippen molar-refractivity contribution in [3.63, 3.8) is 0 Å². The van der Waals surface area contributed by atoms with E-state index >= 15 is 0 Å². The van der Waals surface area contributed by atoms with Crippen LogP contribution in [0.25, 0.3) is 6.08 Å². The Morgan fingerprint density at radius 3 is 1.93 bits per heavy atom. The zero-order valence-corrected chi connectivity index (χ0v) is 17.0. The number of benzene rings is 2. The van der Waals surface area contributed by atoms with Crippen LogP contribution in [0.1, 0.15) is 29.2 Å². The number of ether oxygens (including phenoxy) is 5. The molecule has 1 heterocycles. The molecule has 1 aliphatic rings. The third-order valence-corrected chi connectivity index (χ3v) is 4.97. The van der Waals surface area contributed by atoms with Crippen LogP contribution in [-0.4, -0.2) is 35.5 Å². The van der Waals surface area contributed by atoms with Gasteiger partial charge in [0.1, 0.15) is 0 Å². The van der Waals surface area contributed by atoms with Gasteiger partial charge in [-0.3, -0.25) is 0 Å². The topological polar surface area (TPSA) is 58.2 Å². The molecule has 28 heavy (non-hydrogen) atoms. The molecule has 6 heteroatoms. The summed E-state index contributed by atoms with van der Waals surface area (Å²) in [5, 5.41) is 3.45. The summed E-state index contributed by atoms with van der Waals surface area (Å²) in [6.07, 6.45) is 5.77. The summed E-state index contributed by atoms with van der Waals surface area (Å²) in [4.78, 5) is 0. The van der Waals surface area contributed by atoms with Crippen LogP contribution in [0.15, 0.2) is 30.5 Å². The maximum absolute atomic E-state index is 5.48. The van der Waals surface area contributed by atoms with Crippen LogP contribution in [0, 0.1) is 0 Å². The van der Waals surface area contributed by atoms with E-state index in [0.717, 1.165) is 35.5 Å². The van der Waals surface area contributed by atoms with Crippen molar-refractivity contribution in [1.29, 1.82) is 0 Å². The molecule has 1 aliphatic heterocycles. The van der Waals surface area contributed by atoms with E-state index in [9.17, 15) is 0 Å². The Balaban J connectivity index is 1.84. The number of aryl methyl sites for hydroxylation is 1. The smallest absolute Gasteiger partial charge is 0.203 e. The number of methoxy groups -OCH3 is 5. The minimum Gasteiger partial charge on any atom is -0.493 e. The van der Waals surface area contributed by atoms with Crippen LogP contribution < -0.4 is 29.0 Å². The molecule has 150 valence electrons. The predicted octanol–water partition coefficient (Wildman–Crippen LogP) is 3.98. The zero-order valence-electron chi connectivity index (χ0n) is 17.0. The summed E-state index contributed by atoms with van der Waals surface area (Å²) in [6.45, 7) is 0. The highest BCUT2D eigenvalue weighted by Crippen LogP contribution is 2.40. The molecule has 0 bridgehead atoms. The van der Waals surface area contributed by atoms with E-state index in [1.54, 1.807) is 35.5 Å². The molecule has 0 saturated heterocycles. The fourth-order valence-corrected chi connectivity index (χ4v) is 3.53. The maximum Gasteiger partial charge on any atom is 0.203 e. The molecular weight excluding hydrogens is 358 g/mol. The van der Waals surface area contributed by atoms with Crippen LogP contribution in [-0.2, 0) is 6.42 Å². The molecule has 0 fully saturated rings. The van der Waals surface area contributed by atoms with E-state index < -0.39 is 0 Å². The summed E-state index contributed by atoms with van der Waals surface area (Å²) < 4.78 is 27.2. The summed E-state index contributed by atoms with van der Waals surface area (Å²) in [5.74, 6) is 3.40. The molecule has 6 nitrogen and oxygen atoms in total. The van der Waals surface area contributed by atoms with Gasteiger partial charge in [-0.25, -0.2) is 0 Å². The Morgan fingerprint density at radius 2 is 1.36 bits per heavy atom. The second-order valence-electron chi connectivity index (χ2n) is 6.46. The van der Waals surface area contributed by atoms with Crippen LogP contribution in [0.4, 0.5) is 0 Å². The van der Waals surface area contributed by atoms with Gasteiger partial charge in [0.25, 0.3) is 0 Å². The molecular formula is C22H27NO5. The monoisotopic (exact) mass is 385 g/mol. The minimum absolute atomic E-state index is 0.166. The first kappa shape index (κ1) is 19.7. The fourth-order valence-electron chi connectivity index (χ4n) is 3.53. The molecule has 1 N–H and O–H groups in total. The van der Waals surface area contributed by atoms with E-state index in [2.05, 4.69) is 5.32 Å². The van der Waals surface area contributed by atoms with Crippen LogP contribution in [0.5, 0.6) is 28.7 Å². The lowest BCUT2D eigenvalue weighted by Gasteiger charge is -2.25. The van der Waals surface area contributed by atoms with Gasteiger partial charge in [-0.15, -0.1) is 0 Å². The Labute approximate surface area is 166 Å².